The number of benzene rings is 2. The van der Waals surface area contributed by atoms with Gasteiger partial charge < -0.3 is 40.4 Å². The molecular weight excluding hydrogens is 981 g/mol. The van der Waals surface area contributed by atoms with Crippen LogP contribution in [0.4, 0.5) is 0 Å². The fourth-order valence-electron chi connectivity index (χ4n) is 13.3. The lowest BCUT2D eigenvalue weighted by atomic mass is 9.48. The molecule has 8 rings (SSSR count). The summed E-state index contributed by atoms with van der Waals surface area (Å²) in [4.78, 5) is 88.5. The Balaban J connectivity index is 0.789. The van der Waals surface area contributed by atoms with E-state index < -0.39 is 29.1 Å². The highest BCUT2D eigenvalue weighted by atomic mass is 32.1. The summed E-state index contributed by atoms with van der Waals surface area (Å²) >= 11 is 1.58. The van der Waals surface area contributed by atoms with Crippen LogP contribution < -0.4 is 26.0 Å². The van der Waals surface area contributed by atoms with Crippen LogP contribution in [-0.2, 0) is 51.4 Å². The first-order valence-electron chi connectivity index (χ1n) is 27.7. The number of nitrogens with zero attached hydrogens (tertiary/aromatic N) is 2. The lowest BCUT2D eigenvalue weighted by Gasteiger charge is -2.58. The second-order valence-electron chi connectivity index (χ2n) is 24.6. The van der Waals surface area contributed by atoms with E-state index in [4.69, 9.17) is 14.2 Å². The molecule has 5 aliphatic rings. The molecule has 3 aromatic rings. The van der Waals surface area contributed by atoms with E-state index in [1.165, 1.54) is 0 Å². The molecule has 76 heavy (non-hydrogen) atoms. The first-order chi connectivity index (χ1) is 36.1. The number of aryl methyl sites for hydroxylation is 1. The normalized spacial score (nSPS) is 27.3. The van der Waals surface area contributed by atoms with Gasteiger partial charge in [-0.05, 0) is 136 Å². The quantitative estimate of drug-likeness (QED) is 0.0628. The second kappa shape index (κ2) is 23.6. The Kier molecular flexibility index (Phi) is 17.5. The number of carbonyl (C=O) groups excluding carboxylic acids is 6. The zero-order valence-electron chi connectivity index (χ0n) is 46.3. The summed E-state index contributed by atoms with van der Waals surface area (Å²) in [6.07, 6.45) is 11.6. The topological polar surface area (TPSA) is 194 Å². The predicted octanol–water partition coefficient (Wildman–Crippen LogP) is 8.76. The van der Waals surface area contributed by atoms with Crippen LogP contribution in [0.15, 0.2) is 66.2 Å². The molecule has 412 valence electrons. The van der Waals surface area contributed by atoms with Crippen molar-refractivity contribution < 1.29 is 43.0 Å². The van der Waals surface area contributed by atoms with Gasteiger partial charge in [0.05, 0.1) is 41.4 Å². The fraction of sp³-hybridized carbons (Fsp3) is 0.617. The number of thiazole rings is 1. The summed E-state index contributed by atoms with van der Waals surface area (Å²) in [6.45, 7) is 16.9. The molecule has 0 unspecified atom stereocenters. The highest BCUT2D eigenvalue weighted by molar-refractivity contribution is 7.13. The summed E-state index contributed by atoms with van der Waals surface area (Å²) in [5.74, 6) is 0.828. The summed E-state index contributed by atoms with van der Waals surface area (Å²) in [5.41, 5.74) is 4.09. The number of carbonyl (C=O) groups is 6. The lowest BCUT2D eigenvalue weighted by Crippen LogP contribution is -2.60. The molecule has 0 spiro atoms. The number of likely N-dealkylation sites (tertiary alicyclic amines) is 1. The van der Waals surface area contributed by atoms with Crippen molar-refractivity contribution in [1.29, 1.82) is 0 Å². The average Bonchev–Trinajstić information content (AvgIpc) is 4.13. The number of fused-ring (bicyclic) bond motifs is 5. The molecule has 1 saturated heterocycles. The van der Waals surface area contributed by atoms with E-state index in [2.05, 4.69) is 46.2 Å². The van der Waals surface area contributed by atoms with E-state index >= 15 is 0 Å². The molecule has 0 bridgehead atoms. The molecule has 2 aliphatic heterocycles. The van der Waals surface area contributed by atoms with Gasteiger partial charge in [-0.3, -0.25) is 28.8 Å². The lowest BCUT2D eigenvalue weighted by molar-refractivity contribution is -0.147. The number of nitrogens with one attached hydrogen (secondary N) is 4. The number of esters is 1. The van der Waals surface area contributed by atoms with Gasteiger partial charge in [0.1, 0.15) is 24.4 Å². The van der Waals surface area contributed by atoms with Gasteiger partial charge in [-0.2, -0.15) is 0 Å². The fourth-order valence-corrected chi connectivity index (χ4v) is 14.2. The Morgan fingerprint density at radius 1 is 0.882 bits per heavy atom. The van der Waals surface area contributed by atoms with Crippen molar-refractivity contribution in [2.45, 2.75) is 175 Å². The number of aromatic nitrogens is 1. The Hall–Kier alpha value is -5.61. The number of hydrogen-bond acceptors (Lipinski definition) is 11. The minimum atomic E-state index is -0.917. The predicted molar refractivity (Wildman–Crippen MR) is 292 cm³/mol. The Labute approximate surface area is 453 Å². The maximum Gasteiger partial charge on any atom is 0.305 e. The van der Waals surface area contributed by atoms with Gasteiger partial charge in [0, 0.05) is 49.7 Å². The standard InChI is InChI=1S/C60H82N6O9S/c1-37-52(76-36-62-37)40-19-15-38(16-20-40)32-61-55(71)47-31-42(74-34-39-17-21-41(73-9)22-18-39)33-66(47)56(72)53(57(2,3)4)64-49(67)13-11-10-12-14-51(69)75-35-58(5,6)65-54(70)46-25-24-44-43-23-26-48-60(8,30-28-50(68)63-48)45(43)27-29-59(44,46)7/h15-22,28,30,36,42-48,53H,10-14,23-27,29,31-35H2,1-9H3,(H,61,71)(H,63,68)(H,64,67)(H,65,70)/t42-,43+,44+,45+,46-,47+,48-,53-,59+,60-/m1/s1. The maximum atomic E-state index is 14.6. The highest BCUT2D eigenvalue weighted by Crippen LogP contribution is 2.65. The summed E-state index contributed by atoms with van der Waals surface area (Å²) in [6, 6.07) is 14.0. The van der Waals surface area contributed by atoms with Crippen LogP contribution in [-0.4, -0.2) is 95.4 Å². The van der Waals surface area contributed by atoms with Crippen molar-refractivity contribution in [3.8, 4) is 16.2 Å². The van der Waals surface area contributed by atoms with E-state index in [-0.39, 0.29) is 97.4 Å². The SMILES string of the molecule is COc1ccc(CO[C@@H]2C[C@@H](C(=O)NCc3ccc(-c4scnc4C)cc3)N(C(=O)[C@@H](NC(=O)CCCCCC(=O)OCC(C)(C)NC(=O)[C@H]3CC[C@H]4[C@@H]5CC[C@H]6NC(=O)C=C[C@]6(C)[C@H]5CC[C@]34C)C(C)(C)C)C2)cc1. The Morgan fingerprint density at radius 2 is 1.61 bits per heavy atom. The third kappa shape index (κ3) is 12.9. The molecule has 16 heteroatoms. The van der Waals surface area contributed by atoms with Crippen molar-refractivity contribution in [3.63, 3.8) is 0 Å². The number of methoxy groups -OCH3 is 1. The molecule has 1 aromatic heterocycles. The van der Waals surface area contributed by atoms with Crippen molar-refractivity contribution in [3.05, 3.63) is 83.0 Å². The first kappa shape index (κ1) is 56.6. The molecule has 0 radical (unpaired) electrons. The van der Waals surface area contributed by atoms with Gasteiger partial charge in [0.2, 0.25) is 29.5 Å². The van der Waals surface area contributed by atoms with Crippen molar-refractivity contribution in [1.82, 2.24) is 31.2 Å². The number of unbranched alkanes of at least 4 members (excludes halogenated alkanes) is 2. The first-order valence-corrected chi connectivity index (χ1v) is 28.6. The largest absolute Gasteiger partial charge is 0.497 e. The van der Waals surface area contributed by atoms with Crippen LogP contribution in [0.25, 0.3) is 10.4 Å². The minimum absolute atomic E-state index is 0.00480. The smallest absolute Gasteiger partial charge is 0.305 e. The third-order valence-electron chi connectivity index (χ3n) is 17.7. The minimum Gasteiger partial charge on any atom is -0.497 e. The van der Waals surface area contributed by atoms with E-state index in [1.807, 2.05) is 95.6 Å². The van der Waals surface area contributed by atoms with Crippen molar-refractivity contribution >= 4 is 46.8 Å². The Morgan fingerprint density at radius 3 is 2.30 bits per heavy atom. The average molecular weight is 1060 g/mol. The van der Waals surface area contributed by atoms with E-state index in [1.54, 1.807) is 29.4 Å². The number of ether oxygens (including phenoxy) is 3. The third-order valence-corrected chi connectivity index (χ3v) is 18.7. The maximum absolute atomic E-state index is 14.6. The van der Waals surface area contributed by atoms with Gasteiger partial charge >= 0.3 is 5.97 Å². The molecular formula is C60H82N6O9S. The summed E-state index contributed by atoms with van der Waals surface area (Å²) in [7, 11) is 1.61. The van der Waals surface area contributed by atoms with E-state index in [0.717, 1.165) is 71.5 Å². The van der Waals surface area contributed by atoms with Crippen LogP contribution in [0.3, 0.4) is 0 Å². The van der Waals surface area contributed by atoms with Crippen LogP contribution in [0, 0.1) is 46.8 Å². The van der Waals surface area contributed by atoms with Crippen LogP contribution in [0.2, 0.25) is 0 Å². The van der Waals surface area contributed by atoms with E-state index in [9.17, 15) is 28.8 Å². The van der Waals surface area contributed by atoms with Gasteiger partial charge in [-0.1, -0.05) is 83.5 Å². The molecule has 4 fully saturated rings. The summed E-state index contributed by atoms with van der Waals surface area (Å²) < 4.78 is 17.4. The molecule has 15 nitrogen and oxygen atoms in total. The molecule has 3 heterocycles. The number of rotatable bonds is 20. The van der Waals surface area contributed by atoms with Gasteiger partial charge in [-0.25, -0.2) is 4.98 Å². The van der Waals surface area contributed by atoms with E-state index in [0.29, 0.717) is 43.4 Å². The van der Waals surface area contributed by atoms with Gasteiger partial charge in [0.15, 0.2) is 0 Å². The molecule has 3 saturated carbocycles. The number of amides is 5. The monoisotopic (exact) mass is 1060 g/mol. The second-order valence-corrected chi connectivity index (χ2v) is 25.4. The van der Waals surface area contributed by atoms with Crippen LogP contribution >= 0.6 is 11.3 Å². The zero-order chi connectivity index (χ0) is 54.6. The molecule has 10 atom stereocenters. The zero-order valence-corrected chi connectivity index (χ0v) is 47.1. The molecule has 2 aromatic carbocycles. The molecule has 3 aliphatic carbocycles. The van der Waals surface area contributed by atoms with Crippen molar-refractivity contribution in [2.75, 3.05) is 20.3 Å². The molecule has 5 amide bonds. The molecule has 4 N–H and O–H groups in total. The summed E-state index contributed by atoms with van der Waals surface area (Å²) in [5, 5.41) is 12.6. The van der Waals surface area contributed by atoms with Crippen LogP contribution in [0.1, 0.15) is 142 Å². The van der Waals surface area contributed by atoms with Gasteiger partial charge in [-0.15, -0.1) is 11.3 Å². The van der Waals surface area contributed by atoms with Crippen molar-refractivity contribution in [2.24, 2.45) is 39.9 Å². The van der Waals surface area contributed by atoms with Gasteiger partial charge in [0.25, 0.3) is 0 Å². The highest BCUT2D eigenvalue weighted by Gasteiger charge is 2.61. The Bertz CT molecular complexity index is 2610. The van der Waals surface area contributed by atoms with Crippen LogP contribution in [0.5, 0.6) is 5.75 Å². The number of hydrogen-bond donors (Lipinski definition) is 4.